The van der Waals surface area contributed by atoms with Crippen LogP contribution in [-0.2, 0) is 10.0 Å². The van der Waals surface area contributed by atoms with Gasteiger partial charge in [0.2, 0.25) is 10.0 Å². The minimum Gasteiger partial charge on any atom is -0.319 e. The summed E-state index contributed by atoms with van der Waals surface area (Å²) in [5.41, 5.74) is 1.01. The zero-order valence-corrected chi connectivity index (χ0v) is 16.2. The van der Waals surface area contributed by atoms with Gasteiger partial charge in [-0.25, -0.2) is 8.42 Å². The number of hydrogen-bond acceptors (Lipinski definition) is 3. The Kier molecular flexibility index (Phi) is 5.87. The number of hydrogen-bond donors (Lipinski definition) is 1. The number of sulfonamides is 1. The van der Waals surface area contributed by atoms with Crippen LogP contribution >= 0.6 is 31.9 Å². The van der Waals surface area contributed by atoms with E-state index in [4.69, 9.17) is 0 Å². The number of aryl methyl sites for hydroxylation is 1. The minimum absolute atomic E-state index is 0.340. The predicted molar refractivity (Wildman–Crippen MR) is 92.0 cm³/mol. The van der Waals surface area contributed by atoms with E-state index in [0.717, 1.165) is 29.4 Å². The van der Waals surface area contributed by atoms with E-state index in [9.17, 15) is 8.42 Å². The number of nitrogens with one attached hydrogen (secondary N) is 1. The maximum atomic E-state index is 12.8. The summed E-state index contributed by atoms with van der Waals surface area (Å²) in [6.45, 7) is 4.07. The second-order valence-electron chi connectivity index (χ2n) is 5.44. The Balaban J connectivity index is 2.22. The molecule has 0 atom stereocenters. The topological polar surface area (TPSA) is 49.4 Å². The monoisotopic (exact) mass is 438 g/mol. The van der Waals surface area contributed by atoms with Crippen molar-refractivity contribution in [2.24, 2.45) is 5.92 Å². The van der Waals surface area contributed by atoms with Crippen LogP contribution in [0.5, 0.6) is 0 Å². The van der Waals surface area contributed by atoms with Crippen molar-refractivity contribution in [3.63, 3.8) is 0 Å². The van der Waals surface area contributed by atoms with Crippen LogP contribution in [0.15, 0.2) is 26.0 Å². The highest BCUT2D eigenvalue weighted by Crippen LogP contribution is 2.32. The third-order valence-corrected chi connectivity index (χ3v) is 7.61. The molecule has 2 rings (SSSR count). The van der Waals surface area contributed by atoms with Gasteiger partial charge in [-0.05, 0) is 72.9 Å². The number of benzene rings is 1. The second-order valence-corrected chi connectivity index (χ2v) is 9.05. The molecule has 0 bridgehead atoms. The molecule has 1 N–H and O–H groups in total. The molecule has 0 aliphatic carbocycles. The van der Waals surface area contributed by atoms with Crippen molar-refractivity contribution in [1.82, 2.24) is 9.62 Å². The van der Waals surface area contributed by atoms with E-state index in [-0.39, 0.29) is 0 Å². The van der Waals surface area contributed by atoms with Gasteiger partial charge >= 0.3 is 0 Å². The normalized spacial score (nSPS) is 18.1. The lowest BCUT2D eigenvalue weighted by Gasteiger charge is -2.31. The van der Waals surface area contributed by atoms with Crippen LogP contribution in [0.1, 0.15) is 18.4 Å². The number of rotatable bonds is 4. The number of nitrogens with zero attached hydrogens (tertiary/aromatic N) is 1. The zero-order chi connectivity index (χ0) is 15.6. The molecule has 0 spiro atoms. The van der Waals surface area contributed by atoms with Gasteiger partial charge in [-0.3, -0.25) is 0 Å². The summed E-state index contributed by atoms with van der Waals surface area (Å²) in [7, 11) is -1.50. The molecule has 0 saturated carbocycles. The summed E-state index contributed by atoms with van der Waals surface area (Å²) in [5.74, 6) is 0.564. The number of halogens is 2. The fraction of sp³-hybridized carbons (Fsp3) is 0.571. The van der Waals surface area contributed by atoms with Gasteiger partial charge < -0.3 is 5.32 Å². The molecule has 4 nitrogen and oxygen atoms in total. The van der Waals surface area contributed by atoms with Crippen LogP contribution in [0.2, 0.25) is 0 Å². The third kappa shape index (κ3) is 3.88. The SMILES string of the molecule is CNCC1CCN(S(=O)(=O)c2cc(Br)c(C)cc2Br)CC1. The minimum atomic E-state index is -3.43. The average molecular weight is 440 g/mol. The molecule has 1 aliphatic rings. The average Bonchev–Trinajstić information content (AvgIpc) is 2.43. The molecule has 1 fully saturated rings. The van der Waals surface area contributed by atoms with Crippen LogP contribution < -0.4 is 5.32 Å². The van der Waals surface area contributed by atoms with Crippen molar-refractivity contribution in [3.8, 4) is 0 Å². The van der Waals surface area contributed by atoms with Crippen molar-refractivity contribution in [1.29, 1.82) is 0 Å². The highest BCUT2D eigenvalue weighted by atomic mass is 79.9. The van der Waals surface area contributed by atoms with Gasteiger partial charge in [0.25, 0.3) is 0 Å². The lowest BCUT2D eigenvalue weighted by Crippen LogP contribution is -2.40. The summed E-state index contributed by atoms with van der Waals surface area (Å²) >= 11 is 6.80. The molecule has 1 saturated heterocycles. The highest BCUT2D eigenvalue weighted by Gasteiger charge is 2.30. The van der Waals surface area contributed by atoms with Crippen molar-refractivity contribution in [2.45, 2.75) is 24.7 Å². The smallest absolute Gasteiger partial charge is 0.244 e. The van der Waals surface area contributed by atoms with Crippen LogP contribution in [0.4, 0.5) is 0 Å². The molecule has 1 aromatic carbocycles. The molecule has 0 unspecified atom stereocenters. The molecule has 0 amide bonds. The maximum absolute atomic E-state index is 12.8. The van der Waals surface area contributed by atoms with Crippen molar-refractivity contribution in [3.05, 3.63) is 26.6 Å². The molecule has 1 heterocycles. The fourth-order valence-corrected chi connectivity index (χ4v) is 5.72. The van der Waals surface area contributed by atoms with E-state index < -0.39 is 10.0 Å². The maximum Gasteiger partial charge on any atom is 0.244 e. The highest BCUT2D eigenvalue weighted by molar-refractivity contribution is 9.11. The molecule has 0 aromatic heterocycles. The Morgan fingerprint density at radius 2 is 1.86 bits per heavy atom. The Bertz CT molecular complexity index is 612. The molecular formula is C14H20Br2N2O2S. The number of piperidine rings is 1. The van der Waals surface area contributed by atoms with Crippen LogP contribution in [-0.4, -0.2) is 39.4 Å². The lowest BCUT2D eigenvalue weighted by atomic mass is 9.98. The first-order chi connectivity index (χ1) is 9.86. The summed E-state index contributed by atoms with van der Waals surface area (Å²) < 4.78 is 28.6. The zero-order valence-electron chi connectivity index (χ0n) is 12.2. The Hall–Kier alpha value is 0.0500. The van der Waals surface area contributed by atoms with Crippen LogP contribution in [0.25, 0.3) is 0 Å². The van der Waals surface area contributed by atoms with Crippen LogP contribution in [0.3, 0.4) is 0 Å². The van der Waals surface area contributed by atoms with Gasteiger partial charge in [-0.2, -0.15) is 4.31 Å². The third-order valence-electron chi connectivity index (χ3n) is 3.90. The molecule has 7 heteroatoms. The first kappa shape index (κ1) is 17.4. The van der Waals surface area contributed by atoms with Crippen LogP contribution in [0, 0.1) is 12.8 Å². The van der Waals surface area contributed by atoms with Crippen molar-refractivity contribution >= 4 is 41.9 Å². The lowest BCUT2D eigenvalue weighted by molar-refractivity contribution is 0.270. The summed E-state index contributed by atoms with van der Waals surface area (Å²) in [4.78, 5) is 0.340. The van der Waals surface area contributed by atoms with E-state index in [2.05, 4.69) is 37.2 Å². The van der Waals surface area contributed by atoms with E-state index in [1.54, 1.807) is 10.4 Å². The van der Waals surface area contributed by atoms with Gasteiger partial charge in [0.05, 0.1) is 4.90 Å². The largest absolute Gasteiger partial charge is 0.319 e. The molecule has 1 aromatic rings. The molecular weight excluding hydrogens is 420 g/mol. The standard InChI is InChI=1S/C14H20Br2N2O2S/c1-10-7-13(16)14(8-12(10)15)21(19,20)18-5-3-11(4-6-18)9-17-2/h7-8,11,17H,3-6,9H2,1-2H3. The van der Waals surface area contributed by atoms with Crippen molar-refractivity contribution in [2.75, 3.05) is 26.7 Å². The first-order valence-electron chi connectivity index (χ1n) is 6.96. The summed E-state index contributed by atoms with van der Waals surface area (Å²) in [6.07, 6.45) is 1.81. The van der Waals surface area contributed by atoms with Gasteiger partial charge in [0.15, 0.2) is 0 Å². The quantitative estimate of drug-likeness (QED) is 0.783. The van der Waals surface area contributed by atoms with Gasteiger partial charge in [-0.15, -0.1) is 0 Å². The predicted octanol–water partition coefficient (Wildman–Crippen LogP) is 3.14. The van der Waals surface area contributed by atoms with E-state index in [1.165, 1.54) is 0 Å². The summed E-state index contributed by atoms with van der Waals surface area (Å²) in [6, 6.07) is 3.53. The Labute approximate surface area is 143 Å². The molecule has 21 heavy (non-hydrogen) atoms. The van der Waals surface area contributed by atoms with Crippen molar-refractivity contribution < 1.29 is 8.42 Å². The second kappa shape index (κ2) is 7.08. The van der Waals surface area contributed by atoms with Gasteiger partial charge in [0.1, 0.15) is 0 Å². The molecule has 1 aliphatic heterocycles. The Morgan fingerprint density at radius 1 is 1.24 bits per heavy atom. The van der Waals surface area contributed by atoms with E-state index in [1.807, 2.05) is 20.0 Å². The van der Waals surface area contributed by atoms with E-state index >= 15 is 0 Å². The van der Waals surface area contributed by atoms with Gasteiger partial charge in [-0.1, -0.05) is 15.9 Å². The van der Waals surface area contributed by atoms with Gasteiger partial charge in [0, 0.05) is 22.0 Å². The molecule has 0 radical (unpaired) electrons. The summed E-state index contributed by atoms with van der Waals surface area (Å²) in [5, 5.41) is 3.16. The first-order valence-corrected chi connectivity index (χ1v) is 9.99. The molecule has 118 valence electrons. The van der Waals surface area contributed by atoms with E-state index in [0.29, 0.717) is 28.4 Å². The fourth-order valence-electron chi connectivity index (χ4n) is 2.61. The Morgan fingerprint density at radius 3 is 2.43 bits per heavy atom.